The van der Waals surface area contributed by atoms with E-state index in [2.05, 4.69) is 0 Å². The van der Waals surface area contributed by atoms with E-state index in [1.165, 1.54) is 6.07 Å². The fraction of sp³-hybridized carbons (Fsp3) is 0. The monoisotopic (exact) mass is 246 g/mol. The SMILES string of the molecule is N#Cc1cc([N+](=O)[O-])ccc1S(=O)(=O)Cl. The van der Waals surface area contributed by atoms with Crippen LogP contribution in [-0.4, -0.2) is 13.3 Å². The molecule has 0 atom stereocenters. The third-order valence-corrected chi connectivity index (χ3v) is 2.94. The van der Waals surface area contributed by atoms with Gasteiger partial charge in [-0.1, -0.05) is 0 Å². The Morgan fingerprint density at radius 2 is 2.07 bits per heavy atom. The largest absolute Gasteiger partial charge is 0.270 e. The molecule has 0 saturated carbocycles. The maximum absolute atomic E-state index is 10.9. The molecule has 1 aromatic rings. The van der Waals surface area contributed by atoms with Crippen molar-refractivity contribution in [3.63, 3.8) is 0 Å². The van der Waals surface area contributed by atoms with Gasteiger partial charge in [-0.05, 0) is 6.07 Å². The lowest BCUT2D eigenvalue weighted by Gasteiger charge is -1.98. The predicted octanol–water partition coefficient (Wildman–Crippen LogP) is 1.39. The molecular formula is C7H3ClN2O4S. The van der Waals surface area contributed by atoms with Gasteiger partial charge in [0.2, 0.25) is 0 Å². The molecule has 0 unspecified atom stereocenters. The standard InChI is InChI=1S/C7H3ClN2O4S/c8-15(13,14)7-2-1-6(10(11)12)3-5(7)4-9/h1-3H. The van der Waals surface area contributed by atoms with E-state index in [0.717, 1.165) is 18.2 Å². The van der Waals surface area contributed by atoms with Crippen molar-refractivity contribution >= 4 is 25.4 Å². The molecule has 0 aromatic heterocycles. The fourth-order valence-corrected chi connectivity index (χ4v) is 1.93. The Morgan fingerprint density at radius 3 is 2.47 bits per heavy atom. The van der Waals surface area contributed by atoms with Crippen molar-refractivity contribution in [2.45, 2.75) is 4.90 Å². The van der Waals surface area contributed by atoms with Crippen LogP contribution in [0.25, 0.3) is 0 Å². The van der Waals surface area contributed by atoms with Crippen molar-refractivity contribution in [3.8, 4) is 6.07 Å². The van der Waals surface area contributed by atoms with E-state index in [4.69, 9.17) is 15.9 Å². The van der Waals surface area contributed by atoms with Crippen LogP contribution in [0, 0.1) is 21.4 Å². The highest BCUT2D eigenvalue weighted by Gasteiger charge is 2.18. The number of nitro groups is 1. The average molecular weight is 247 g/mol. The van der Waals surface area contributed by atoms with Gasteiger partial charge in [0, 0.05) is 22.8 Å². The van der Waals surface area contributed by atoms with Gasteiger partial charge in [0.1, 0.15) is 11.0 Å². The van der Waals surface area contributed by atoms with Crippen molar-refractivity contribution in [2.24, 2.45) is 0 Å². The first-order valence-corrected chi connectivity index (χ1v) is 5.80. The normalized spacial score (nSPS) is 10.7. The summed E-state index contributed by atoms with van der Waals surface area (Å²) in [6, 6.07) is 4.28. The van der Waals surface area contributed by atoms with Crippen molar-refractivity contribution in [2.75, 3.05) is 0 Å². The zero-order valence-electron chi connectivity index (χ0n) is 7.05. The molecule has 0 radical (unpaired) electrons. The summed E-state index contributed by atoms with van der Waals surface area (Å²) in [4.78, 5) is 9.18. The minimum atomic E-state index is -4.06. The molecule has 8 heteroatoms. The second kappa shape index (κ2) is 3.84. The van der Waals surface area contributed by atoms with Crippen LogP contribution < -0.4 is 0 Å². The number of nitriles is 1. The van der Waals surface area contributed by atoms with Gasteiger partial charge in [-0.3, -0.25) is 10.1 Å². The highest BCUT2D eigenvalue weighted by Crippen LogP contribution is 2.23. The molecule has 0 bridgehead atoms. The molecule has 0 N–H and O–H groups in total. The van der Waals surface area contributed by atoms with E-state index in [9.17, 15) is 18.5 Å². The first kappa shape index (κ1) is 11.4. The highest BCUT2D eigenvalue weighted by molar-refractivity contribution is 8.13. The summed E-state index contributed by atoms with van der Waals surface area (Å²) in [5.74, 6) is 0. The van der Waals surface area contributed by atoms with Crippen molar-refractivity contribution < 1.29 is 13.3 Å². The van der Waals surface area contributed by atoms with Crippen LogP contribution in [0.3, 0.4) is 0 Å². The van der Waals surface area contributed by atoms with Crippen LogP contribution in [0.1, 0.15) is 5.56 Å². The van der Waals surface area contributed by atoms with Gasteiger partial charge in [0.15, 0.2) is 0 Å². The molecule has 78 valence electrons. The molecule has 1 rings (SSSR count). The second-order valence-electron chi connectivity index (χ2n) is 2.49. The Bertz CT molecular complexity index is 561. The molecular weight excluding hydrogens is 244 g/mol. The van der Waals surface area contributed by atoms with E-state index in [0.29, 0.717) is 0 Å². The van der Waals surface area contributed by atoms with Gasteiger partial charge in [-0.25, -0.2) is 8.42 Å². The molecule has 6 nitrogen and oxygen atoms in total. The van der Waals surface area contributed by atoms with Crippen LogP contribution in [0.4, 0.5) is 5.69 Å². The van der Waals surface area contributed by atoms with Crippen molar-refractivity contribution in [3.05, 3.63) is 33.9 Å². The van der Waals surface area contributed by atoms with Crippen LogP contribution in [0.5, 0.6) is 0 Å². The van der Waals surface area contributed by atoms with E-state index in [1.54, 1.807) is 0 Å². The summed E-state index contributed by atoms with van der Waals surface area (Å²) in [6.45, 7) is 0. The Balaban J connectivity index is 3.49. The smallest absolute Gasteiger partial charge is 0.258 e. The number of nitrogens with zero attached hydrogens (tertiary/aromatic N) is 2. The molecule has 1 aromatic carbocycles. The Kier molecular flexibility index (Phi) is 2.93. The predicted molar refractivity (Wildman–Crippen MR) is 50.9 cm³/mol. The highest BCUT2D eigenvalue weighted by atomic mass is 35.7. The van der Waals surface area contributed by atoms with Crippen LogP contribution >= 0.6 is 10.7 Å². The molecule has 0 amide bonds. The summed E-state index contributed by atoms with van der Waals surface area (Å²) < 4.78 is 21.9. The van der Waals surface area contributed by atoms with E-state index in [1.807, 2.05) is 0 Å². The topological polar surface area (TPSA) is 101 Å². The van der Waals surface area contributed by atoms with E-state index >= 15 is 0 Å². The maximum Gasteiger partial charge on any atom is 0.270 e. The lowest BCUT2D eigenvalue weighted by atomic mass is 10.2. The lowest BCUT2D eigenvalue weighted by Crippen LogP contribution is -1.97. The first-order valence-electron chi connectivity index (χ1n) is 3.49. The second-order valence-corrected chi connectivity index (χ2v) is 5.02. The third-order valence-electron chi connectivity index (χ3n) is 1.56. The van der Waals surface area contributed by atoms with Crippen LogP contribution in [0.2, 0.25) is 0 Å². The van der Waals surface area contributed by atoms with Crippen LogP contribution in [0.15, 0.2) is 23.1 Å². The number of non-ortho nitro benzene ring substituents is 1. The van der Waals surface area contributed by atoms with Gasteiger partial charge in [-0.15, -0.1) is 0 Å². The zero-order chi connectivity index (χ0) is 11.6. The number of benzene rings is 1. The summed E-state index contributed by atoms with van der Waals surface area (Å²) in [6.07, 6.45) is 0. The van der Waals surface area contributed by atoms with Gasteiger partial charge in [0.05, 0.1) is 10.5 Å². The number of nitro benzene ring substituents is 1. The third kappa shape index (κ3) is 2.43. The Morgan fingerprint density at radius 1 is 1.47 bits per heavy atom. The Hall–Kier alpha value is -1.65. The molecule has 15 heavy (non-hydrogen) atoms. The maximum atomic E-state index is 10.9. The summed E-state index contributed by atoms with van der Waals surface area (Å²) in [5, 5.41) is 18.9. The molecule has 0 spiro atoms. The van der Waals surface area contributed by atoms with Gasteiger partial charge in [-0.2, -0.15) is 5.26 Å². The molecule has 0 heterocycles. The fourth-order valence-electron chi connectivity index (χ4n) is 0.932. The summed E-state index contributed by atoms with van der Waals surface area (Å²) in [7, 11) is 0.965. The summed E-state index contributed by atoms with van der Waals surface area (Å²) in [5.41, 5.74) is -0.713. The minimum Gasteiger partial charge on any atom is -0.258 e. The average Bonchev–Trinajstić information content (AvgIpc) is 2.15. The van der Waals surface area contributed by atoms with Crippen LogP contribution in [-0.2, 0) is 9.05 Å². The van der Waals surface area contributed by atoms with Crippen molar-refractivity contribution in [1.82, 2.24) is 0 Å². The number of hydrogen-bond acceptors (Lipinski definition) is 5. The Labute approximate surface area is 89.3 Å². The molecule has 0 saturated heterocycles. The molecule has 0 aliphatic heterocycles. The zero-order valence-corrected chi connectivity index (χ0v) is 8.62. The van der Waals surface area contributed by atoms with E-state index in [-0.39, 0.29) is 11.3 Å². The summed E-state index contributed by atoms with van der Waals surface area (Å²) >= 11 is 0. The molecule has 0 aliphatic carbocycles. The quantitative estimate of drug-likeness (QED) is 0.446. The number of rotatable bonds is 2. The first-order chi connectivity index (χ1) is 6.86. The lowest BCUT2D eigenvalue weighted by molar-refractivity contribution is -0.384. The number of halogens is 1. The van der Waals surface area contributed by atoms with Gasteiger partial charge in [0.25, 0.3) is 14.7 Å². The molecule has 0 fully saturated rings. The van der Waals surface area contributed by atoms with Gasteiger partial charge < -0.3 is 0 Å². The minimum absolute atomic E-state index is 0.348. The molecule has 0 aliphatic rings. The van der Waals surface area contributed by atoms with Crippen molar-refractivity contribution in [1.29, 1.82) is 5.26 Å². The number of hydrogen-bond donors (Lipinski definition) is 0. The van der Waals surface area contributed by atoms with Gasteiger partial charge >= 0.3 is 0 Å². The van der Waals surface area contributed by atoms with E-state index < -0.39 is 18.9 Å².